The van der Waals surface area contributed by atoms with Crippen molar-refractivity contribution in [2.75, 3.05) is 4.90 Å². The predicted molar refractivity (Wildman–Crippen MR) is 243 cm³/mol. The van der Waals surface area contributed by atoms with E-state index in [4.69, 9.17) is 0 Å². The lowest BCUT2D eigenvalue weighted by molar-refractivity contribution is 0.660. The summed E-state index contributed by atoms with van der Waals surface area (Å²) >= 11 is 0. The summed E-state index contributed by atoms with van der Waals surface area (Å²) in [6.45, 7) is 4.80. The molecule has 10 aromatic carbocycles. The number of fused-ring (bicyclic) bond motifs is 13. The van der Waals surface area contributed by atoms with Crippen LogP contribution in [0.5, 0.6) is 0 Å². The molecule has 0 saturated heterocycles. The molecule has 11 aromatic rings. The minimum Gasteiger partial charge on any atom is -0.310 e. The van der Waals surface area contributed by atoms with Crippen molar-refractivity contribution in [3.8, 4) is 16.8 Å². The van der Waals surface area contributed by atoms with Gasteiger partial charge in [-0.05, 0) is 103 Å². The average molecular weight is 727 g/mol. The second kappa shape index (κ2) is 11.9. The molecule has 0 atom stereocenters. The lowest BCUT2D eigenvalue weighted by Crippen LogP contribution is -2.17. The fraction of sp³-hybridized carbons (Fsp3) is 0.0545. The molecule has 57 heavy (non-hydrogen) atoms. The number of hydrogen-bond acceptors (Lipinski definition) is 1. The molecular formula is C55H38N2. The molecule has 0 N–H and O–H groups in total. The largest absolute Gasteiger partial charge is 0.310 e. The van der Waals surface area contributed by atoms with E-state index in [1.54, 1.807) is 0 Å². The molecule has 12 rings (SSSR count). The first-order valence-corrected chi connectivity index (χ1v) is 19.9. The summed E-state index contributed by atoms with van der Waals surface area (Å²) in [6.07, 6.45) is 0. The van der Waals surface area contributed by atoms with Crippen LogP contribution < -0.4 is 4.90 Å². The summed E-state index contributed by atoms with van der Waals surface area (Å²) < 4.78 is 2.52. The van der Waals surface area contributed by atoms with Crippen LogP contribution in [-0.2, 0) is 5.41 Å². The van der Waals surface area contributed by atoms with Crippen LogP contribution in [0.2, 0.25) is 0 Å². The average Bonchev–Trinajstić information content (AvgIpc) is 3.73. The topological polar surface area (TPSA) is 8.17 Å². The number of hydrogen-bond donors (Lipinski definition) is 0. The quantitative estimate of drug-likeness (QED) is 0.164. The van der Waals surface area contributed by atoms with E-state index in [2.05, 4.69) is 217 Å². The highest BCUT2D eigenvalue weighted by molar-refractivity contribution is 6.32. The molecule has 2 nitrogen and oxygen atoms in total. The van der Waals surface area contributed by atoms with E-state index in [0.717, 1.165) is 11.4 Å². The number of nitrogens with zero attached hydrogens (tertiary/aromatic N) is 2. The van der Waals surface area contributed by atoms with Crippen LogP contribution in [0.25, 0.3) is 81.7 Å². The first-order chi connectivity index (χ1) is 28.0. The highest BCUT2D eigenvalue weighted by Gasteiger charge is 2.37. The summed E-state index contributed by atoms with van der Waals surface area (Å²) in [5.74, 6) is 0. The van der Waals surface area contributed by atoms with Gasteiger partial charge in [-0.25, -0.2) is 0 Å². The van der Waals surface area contributed by atoms with E-state index in [0.29, 0.717) is 0 Å². The maximum Gasteiger partial charge on any atom is 0.0625 e. The molecule has 0 aliphatic heterocycles. The van der Waals surface area contributed by atoms with Gasteiger partial charge in [-0.3, -0.25) is 0 Å². The summed E-state index contributed by atoms with van der Waals surface area (Å²) in [5, 5.41) is 12.7. The molecule has 0 amide bonds. The Labute approximate surface area is 331 Å². The van der Waals surface area contributed by atoms with Crippen LogP contribution in [0.1, 0.15) is 25.0 Å². The normalized spacial score (nSPS) is 13.2. The van der Waals surface area contributed by atoms with Gasteiger partial charge in [0.15, 0.2) is 0 Å². The second-order valence-corrected chi connectivity index (χ2v) is 16.1. The number of anilines is 3. The molecule has 0 unspecified atom stereocenters. The molecule has 1 heterocycles. The minimum atomic E-state index is -0.238. The Bertz CT molecular complexity index is 3450. The third-order valence-corrected chi connectivity index (χ3v) is 12.7. The molecule has 0 fully saturated rings. The fourth-order valence-corrected chi connectivity index (χ4v) is 10.0. The number of rotatable bonds is 4. The van der Waals surface area contributed by atoms with Crippen LogP contribution >= 0.6 is 0 Å². The zero-order chi connectivity index (χ0) is 37.8. The molecular weight excluding hydrogens is 689 g/mol. The Balaban J connectivity index is 1.06. The van der Waals surface area contributed by atoms with Gasteiger partial charge in [0.05, 0.1) is 16.7 Å². The molecule has 0 spiro atoms. The van der Waals surface area contributed by atoms with E-state index in [1.807, 2.05) is 0 Å². The van der Waals surface area contributed by atoms with Gasteiger partial charge in [0.25, 0.3) is 0 Å². The lowest BCUT2D eigenvalue weighted by Gasteiger charge is -2.29. The van der Waals surface area contributed by atoms with Crippen molar-refractivity contribution < 1.29 is 0 Å². The summed E-state index contributed by atoms with van der Waals surface area (Å²) in [4.78, 5) is 2.45. The van der Waals surface area contributed by atoms with E-state index in [-0.39, 0.29) is 5.41 Å². The van der Waals surface area contributed by atoms with Crippen molar-refractivity contribution in [2.24, 2.45) is 0 Å². The lowest BCUT2D eigenvalue weighted by atomic mass is 9.82. The minimum absolute atomic E-state index is 0.238. The van der Waals surface area contributed by atoms with Gasteiger partial charge < -0.3 is 9.47 Å². The summed E-state index contributed by atoms with van der Waals surface area (Å²) in [6, 6.07) is 71.9. The summed E-state index contributed by atoms with van der Waals surface area (Å²) in [5.41, 5.74) is 12.2. The SMILES string of the molecule is CC1(C)c2cc(N(c3ccc4ccccc4c3)c3cccc4ccccc34)ccc2-c2ccc(-n3c4ccccc4c4c5ccccc5c5ccccc5c43)cc21. The Morgan fingerprint density at radius 2 is 0.965 bits per heavy atom. The highest BCUT2D eigenvalue weighted by atomic mass is 15.1. The van der Waals surface area contributed by atoms with Crippen LogP contribution in [0.3, 0.4) is 0 Å². The van der Waals surface area contributed by atoms with E-state index in [1.165, 1.54) is 98.5 Å². The molecule has 2 heteroatoms. The molecule has 1 aromatic heterocycles. The molecule has 1 aliphatic rings. The van der Waals surface area contributed by atoms with Crippen LogP contribution in [-0.4, -0.2) is 4.57 Å². The van der Waals surface area contributed by atoms with Gasteiger partial charge in [0, 0.05) is 44.0 Å². The first kappa shape index (κ1) is 32.1. The zero-order valence-electron chi connectivity index (χ0n) is 31.9. The first-order valence-electron chi connectivity index (χ1n) is 19.9. The van der Waals surface area contributed by atoms with Crippen molar-refractivity contribution in [3.05, 3.63) is 205 Å². The number of aromatic nitrogens is 1. The van der Waals surface area contributed by atoms with Crippen molar-refractivity contribution in [3.63, 3.8) is 0 Å². The second-order valence-electron chi connectivity index (χ2n) is 16.1. The Hall–Kier alpha value is -7.16. The van der Waals surface area contributed by atoms with Crippen LogP contribution in [0.4, 0.5) is 17.1 Å². The van der Waals surface area contributed by atoms with Gasteiger partial charge in [-0.2, -0.15) is 0 Å². The third-order valence-electron chi connectivity index (χ3n) is 12.7. The zero-order valence-corrected chi connectivity index (χ0v) is 31.9. The van der Waals surface area contributed by atoms with Gasteiger partial charge in [-0.1, -0.05) is 159 Å². The fourth-order valence-electron chi connectivity index (χ4n) is 10.0. The molecule has 0 saturated carbocycles. The predicted octanol–water partition coefficient (Wildman–Crippen LogP) is 15.2. The van der Waals surface area contributed by atoms with Crippen LogP contribution in [0.15, 0.2) is 194 Å². The van der Waals surface area contributed by atoms with E-state index >= 15 is 0 Å². The molecule has 0 bridgehead atoms. The number of para-hydroxylation sites is 1. The maximum absolute atomic E-state index is 2.52. The molecule has 268 valence electrons. The van der Waals surface area contributed by atoms with Gasteiger partial charge in [0.1, 0.15) is 0 Å². The third kappa shape index (κ3) is 4.59. The van der Waals surface area contributed by atoms with E-state index < -0.39 is 0 Å². The van der Waals surface area contributed by atoms with Crippen molar-refractivity contribution >= 4 is 82.0 Å². The molecule has 0 radical (unpaired) electrons. The maximum atomic E-state index is 2.52. The smallest absolute Gasteiger partial charge is 0.0625 e. The van der Waals surface area contributed by atoms with Gasteiger partial charge in [0.2, 0.25) is 0 Å². The standard InChI is InChI=1S/C55H38N2/c1-55(2)49-33-39(56(38-27-26-35-14-3-4-16-37(35)32-38)51-25-13-17-36-15-5-6-18-41(36)51)28-30-44(49)45-31-29-40(34-50(45)55)57-52-24-12-11-23-48(52)53-46-21-9-7-19-42(46)43-20-8-10-22-47(43)54(53)57/h3-34H,1-2H3. The Morgan fingerprint density at radius 3 is 1.77 bits per heavy atom. The van der Waals surface area contributed by atoms with Gasteiger partial charge in [-0.15, -0.1) is 0 Å². The number of benzene rings is 10. The van der Waals surface area contributed by atoms with Crippen molar-refractivity contribution in [1.82, 2.24) is 4.57 Å². The van der Waals surface area contributed by atoms with Crippen molar-refractivity contribution in [2.45, 2.75) is 19.3 Å². The molecule has 1 aliphatic carbocycles. The monoisotopic (exact) mass is 726 g/mol. The van der Waals surface area contributed by atoms with Crippen LogP contribution in [0, 0.1) is 0 Å². The summed E-state index contributed by atoms with van der Waals surface area (Å²) in [7, 11) is 0. The van der Waals surface area contributed by atoms with Crippen molar-refractivity contribution in [1.29, 1.82) is 0 Å². The van der Waals surface area contributed by atoms with E-state index in [9.17, 15) is 0 Å². The Kier molecular flexibility index (Phi) is 6.72. The van der Waals surface area contributed by atoms with Gasteiger partial charge >= 0.3 is 0 Å². The highest BCUT2D eigenvalue weighted by Crippen LogP contribution is 2.52. The Morgan fingerprint density at radius 1 is 0.404 bits per heavy atom.